The Hall–Kier alpha value is -1.36. The lowest BCUT2D eigenvalue weighted by atomic mass is 9.96. The third-order valence-electron chi connectivity index (χ3n) is 3.35. The average molecular weight is 292 g/mol. The molecule has 2 heterocycles. The maximum atomic E-state index is 4.58. The highest BCUT2D eigenvalue weighted by Crippen LogP contribution is 2.23. The van der Waals surface area contributed by atoms with Crippen LogP contribution >= 0.6 is 11.5 Å². The van der Waals surface area contributed by atoms with E-state index >= 15 is 0 Å². The fraction of sp³-hybridized carbons (Fsp3) is 0.600. The van der Waals surface area contributed by atoms with Gasteiger partial charge in [0.15, 0.2) is 0 Å². The van der Waals surface area contributed by atoms with Gasteiger partial charge in [-0.3, -0.25) is 0 Å². The molecule has 0 spiro atoms. The van der Waals surface area contributed by atoms with Gasteiger partial charge in [-0.15, -0.1) is 0 Å². The Morgan fingerprint density at radius 1 is 1.40 bits per heavy atom. The molecular weight excluding hydrogens is 268 g/mol. The summed E-state index contributed by atoms with van der Waals surface area (Å²) in [6, 6.07) is 4.66. The van der Waals surface area contributed by atoms with Crippen molar-refractivity contribution < 1.29 is 0 Å². The predicted octanol–water partition coefficient (Wildman–Crippen LogP) is 3.61. The second kappa shape index (κ2) is 5.95. The van der Waals surface area contributed by atoms with Crippen LogP contribution in [0.4, 0.5) is 5.13 Å². The lowest BCUT2D eigenvalue weighted by molar-refractivity contribution is 0.554. The number of nitrogens with zero attached hydrogens (tertiary/aromatic N) is 3. The molecule has 0 radical (unpaired) electrons. The molecule has 110 valence electrons. The number of anilines is 1. The maximum Gasteiger partial charge on any atom is 0.202 e. The molecular formula is C15H24N4S. The second-order valence-corrected chi connectivity index (χ2v) is 7.12. The highest BCUT2D eigenvalue weighted by molar-refractivity contribution is 7.09. The molecule has 2 rings (SSSR count). The molecule has 1 atom stereocenters. The average Bonchev–Trinajstić information content (AvgIpc) is 2.95. The minimum absolute atomic E-state index is 0.0166. The van der Waals surface area contributed by atoms with E-state index in [1.807, 2.05) is 0 Å². The van der Waals surface area contributed by atoms with E-state index in [-0.39, 0.29) is 5.41 Å². The number of hydrogen-bond donors (Lipinski definition) is 1. The Bertz CT molecular complexity index is 550. The molecule has 2 aromatic rings. The zero-order valence-electron chi connectivity index (χ0n) is 13.0. The van der Waals surface area contributed by atoms with Crippen LogP contribution in [-0.4, -0.2) is 20.0 Å². The van der Waals surface area contributed by atoms with Crippen molar-refractivity contribution in [2.45, 2.75) is 52.0 Å². The zero-order valence-corrected chi connectivity index (χ0v) is 13.8. The number of nitrogens with one attached hydrogen (secondary N) is 1. The summed E-state index contributed by atoms with van der Waals surface area (Å²) in [6.07, 6.45) is 4.25. The second-order valence-electron chi connectivity index (χ2n) is 6.37. The molecule has 0 fully saturated rings. The molecule has 0 saturated carbocycles. The van der Waals surface area contributed by atoms with Gasteiger partial charge in [0.05, 0.1) is 0 Å². The molecule has 0 bridgehead atoms. The Morgan fingerprint density at radius 2 is 2.15 bits per heavy atom. The van der Waals surface area contributed by atoms with E-state index in [9.17, 15) is 0 Å². The van der Waals surface area contributed by atoms with Crippen LogP contribution in [0.3, 0.4) is 0 Å². The van der Waals surface area contributed by atoms with Gasteiger partial charge in [-0.2, -0.15) is 4.37 Å². The van der Waals surface area contributed by atoms with Crippen molar-refractivity contribution in [2.24, 2.45) is 7.05 Å². The van der Waals surface area contributed by atoms with E-state index in [0.29, 0.717) is 6.04 Å². The number of aromatic nitrogens is 3. The van der Waals surface area contributed by atoms with Crippen LogP contribution < -0.4 is 5.32 Å². The summed E-state index contributed by atoms with van der Waals surface area (Å²) < 4.78 is 6.60. The molecule has 0 aliphatic carbocycles. The first-order chi connectivity index (χ1) is 9.36. The first-order valence-electron chi connectivity index (χ1n) is 7.07. The van der Waals surface area contributed by atoms with Crippen molar-refractivity contribution in [2.75, 3.05) is 5.32 Å². The van der Waals surface area contributed by atoms with E-state index < -0.39 is 0 Å². The van der Waals surface area contributed by atoms with Crippen LogP contribution in [0, 0.1) is 0 Å². The summed E-state index contributed by atoms with van der Waals surface area (Å²) in [5.41, 5.74) is 1.38. The molecule has 1 unspecified atom stereocenters. The Labute approximate surface area is 125 Å². The van der Waals surface area contributed by atoms with Crippen LogP contribution in [0.5, 0.6) is 0 Å². The molecule has 0 amide bonds. The lowest BCUT2D eigenvalue weighted by Gasteiger charge is -2.14. The lowest BCUT2D eigenvalue weighted by Crippen LogP contribution is -2.17. The van der Waals surface area contributed by atoms with Gasteiger partial charge in [0, 0.05) is 41.9 Å². The summed E-state index contributed by atoms with van der Waals surface area (Å²) in [4.78, 5) is 4.58. The molecule has 0 saturated heterocycles. The Morgan fingerprint density at radius 3 is 2.70 bits per heavy atom. The van der Waals surface area contributed by atoms with E-state index in [1.54, 1.807) is 0 Å². The van der Waals surface area contributed by atoms with Crippen LogP contribution in [0.1, 0.15) is 45.6 Å². The minimum Gasteiger partial charge on any atom is -0.358 e. The van der Waals surface area contributed by atoms with Gasteiger partial charge >= 0.3 is 0 Å². The van der Waals surface area contributed by atoms with E-state index in [4.69, 9.17) is 0 Å². The van der Waals surface area contributed by atoms with Gasteiger partial charge in [-0.05, 0) is 31.9 Å². The molecule has 20 heavy (non-hydrogen) atoms. The number of rotatable bonds is 5. The highest BCUT2D eigenvalue weighted by Gasteiger charge is 2.19. The van der Waals surface area contributed by atoms with Crippen LogP contribution in [-0.2, 0) is 18.9 Å². The number of aryl methyl sites for hydroxylation is 2. The van der Waals surface area contributed by atoms with Crippen molar-refractivity contribution in [1.82, 2.24) is 13.9 Å². The molecule has 4 nitrogen and oxygen atoms in total. The molecule has 2 aromatic heterocycles. The first kappa shape index (κ1) is 15.0. The fourth-order valence-electron chi connectivity index (χ4n) is 1.99. The third kappa shape index (κ3) is 3.82. The van der Waals surface area contributed by atoms with Gasteiger partial charge in [0.25, 0.3) is 0 Å². The summed E-state index contributed by atoms with van der Waals surface area (Å²) in [6.45, 7) is 8.61. The summed E-state index contributed by atoms with van der Waals surface area (Å²) in [5.74, 6) is 0.916. The molecule has 0 aliphatic rings. The summed E-state index contributed by atoms with van der Waals surface area (Å²) >= 11 is 1.45. The quantitative estimate of drug-likeness (QED) is 0.915. The molecule has 0 aliphatic heterocycles. The Balaban J connectivity index is 1.87. The van der Waals surface area contributed by atoms with Crippen molar-refractivity contribution >= 4 is 16.7 Å². The molecule has 1 N–H and O–H groups in total. The van der Waals surface area contributed by atoms with Crippen molar-refractivity contribution in [3.05, 3.63) is 29.8 Å². The van der Waals surface area contributed by atoms with Crippen molar-refractivity contribution in [1.29, 1.82) is 0 Å². The normalized spacial score (nSPS) is 13.4. The molecule has 5 heteroatoms. The standard InChI is InChI=1S/C15H24N4S/c1-11(8-9-12-7-6-10-19(12)5)16-14-17-13(18-20-14)15(2,3)4/h6-7,10-11H,8-9H2,1-5H3,(H,16,17,18). The topological polar surface area (TPSA) is 42.7 Å². The maximum absolute atomic E-state index is 4.58. The minimum atomic E-state index is 0.0166. The van der Waals surface area contributed by atoms with Crippen LogP contribution in [0.2, 0.25) is 0 Å². The monoisotopic (exact) mass is 292 g/mol. The Kier molecular flexibility index (Phi) is 4.48. The molecule has 0 aromatic carbocycles. The van der Waals surface area contributed by atoms with E-state index in [0.717, 1.165) is 23.8 Å². The fourth-order valence-corrected chi connectivity index (χ4v) is 2.86. The summed E-state index contributed by atoms with van der Waals surface area (Å²) in [5, 5.41) is 4.38. The van der Waals surface area contributed by atoms with Crippen LogP contribution in [0.15, 0.2) is 18.3 Å². The van der Waals surface area contributed by atoms with E-state index in [1.165, 1.54) is 17.2 Å². The van der Waals surface area contributed by atoms with E-state index in [2.05, 4.69) is 72.3 Å². The number of hydrogen-bond acceptors (Lipinski definition) is 4. The zero-order chi connectivity index (χ0) is 14.8. The first-order valence-corrected chi connectivity index (χ1v) is 7.84. The predicted molar refractivity (Wildman–Crippen MR) is 85.4 cm³/mol. The third-order valence-corrected chi connectivity index (χ3v) is 4.00. The smallest absolute Gasteiger partial charge is 0.202 e. The van der Waals surface area contributed by atoms with Crippen molar-refractivity contribution in [3.8, 4) is 0 Å². The summed E-state index contributed by atoms with van der Waals surface area (Å²) in [7, 11) is 2.09. The van der Waals surface area contributed by atoms with Gasteiger partial charge < -0.3 is 9.88 Å². The highest BCUT2D eigenvalue weighted by atomic mass is 32.1. The largest absolute Gasteiger partial charge is 0.358 e. The van der Waals surface area contributed by atoms with Crippen molar-refractivity contribution in [3.63, 3.8) is 0 Å². The van der Waals surface area contributed by atoms with Gasteiger partial charge in [-0.25, -0.2) is 4.98 Å². The van der Waals surface area contributed by atoms with Gasteiger partial charge in [0.2, 0.25) is 5.13 Å². The van der Waals surface area contributed by atoms with Crippen LogP contribution in [0.25, 0.3) is 0 Å². The SMILES string of the molecule is CC(CCc1cccn1C)Nc1nc(C(C)(C)C)ns1. The van der Waals surface area contributed by atoms with Gasteiger partial charge in [0.1, 0.15) is 5.82 Å². The van der Waals surface area contributed by atoms with Gasteiger partial charge in [-0.1, -0.05) is 20.8 Å².